The van der Waals surface area contributed by atoms with Crippen LogP contribution in [0.15, 0.2) is 24.3 Å². The van der Waals surface area contributed by atoms with Gasteiger partial charge in [0.05, 0.1) is 17.4 Å². The van der Waals surface area contributed by atoms with E-state index < -0.39 is 9.84 Å². The molecular weight excluding hydrogens is 360 g/mol. The van der Waals surface area contributed by atoms with Crippen LogP contribution in [-0.4, -0.2) is 56.4 Å². The summed E-state index contributed by atoms with van der Waals surface area (Å²) in [5.74, 6) is -0.224. The topological polar surface area (TPSA) is 66.5 Å². The monoisotopic (exact) mass is 390 g/mol. The average molecular weight is 391 g/mol. The van der Waals surface area contributed by atoms with Gasteiger partial charge in [-0.15, -0.1) is 0 Å². The Morgan fingerprint density at radius 2 is 1.81 bits per heavy atom. The van der Waals surface area contributed by atoms with Gasteiger partial charge in [0.2, 0.25) is 5.91 Å². The molecule has 1 aromatic rings. The molecule has 1 amide bonds. The number of hydrogen-bond donors (Lipinski definition) is 1. The van der Waals surface area contributed by atoms with Crippen molar-refractivity contribution in [1.29, 1.82) is 0 Å². The zero-order valence-corrected chi connectivity index (χ0v) is 16.9. The maximum absolute atomic E-state index is 12.3. The van der Waals surface area contributed by atoms with E-state index in [0.717, 1.165) is 32.5 Å². The van der Waals surface area contributed by atoms with Gasteiger partial charge in [0, 0.05) is 31.1 Å². The number of rotatable bonds is 5. The van der Waals surface area contributed by atoms with Crippen molar-refractivity contribution in [2.45, 2.75) is 50.5 Å². The second kappa shape index (κ2) is 7.21. The molecule has 0 unspecified atom stereocenters. The fourth-order valence-electron chi connectivity index (χ4n) is 4.58. The zero-order valence-electron chi connectivity index (χ0n) is 16.1. The first kappa shape index (κ1) is 18.9. The molecule has 0 radical (unpaired) electrons. The van der Waals surface area contributed by atoms with Crippen molar-refractivity contribution in [3.05, 3.63) is 35.4 Å². The maximum atomic E-state index is 12.3. The number of likely N-dealkylation sites (tertiary alicyclic amines) is 1. The fourth-order valence-corrected chi connectivity index (χ4v) is 6.32. The van der Waals surface area contributed by atoms with Crippen LogP contribution in [-0.2, 0) is 20.0 Å². The molecule has 27 heavy (non-hydrogen) atoms. The van der Waals surface area contributed by atoms with Crippen LogP contribution in [0.5, 0.6) is 0 Å². The normalized spacial score (nSPS) is 27.4. The van der Waals surface area contributed by atoms with Crippen LogP contribution in [0.25, 0.3) is 0 Å². The van der Waals surface area contributed by atoms with Gasteiger partial charge >= 0.3 is 0 Å². The highest BCUT2D eigenvalue weighted by Crippen LogP contribution is 2.49. The number of nitrogens with zero attached hydrogens (tertiary/aromatic N) is 1. The summed E-state index contributed by atoms with van der Waals surface area (Å²) < 4.78 is 23.1. The standard InChI is InChI=1S/C21H30N2O3S/c1-16-2-4-18(5-3-16)21(9-10-21)15-23-11-6-19(7-12-23)22-20(24)17-8-13-27(25,26)14-17/h2-5,17,19H,6-15H2,1H3,(H,22,24)/t17-/m1/s1. The summed E-state index contributed by atoms with van der Waals surface area (Å²) in [5.41, 5.74) is 3.11. The largest absolute Gasteiger partial charge is 0.353 e. The SMILES string of the molecule is Cc1ccc(C2(CN3CCC(NC(=O)[C@@H]4CCS(=O)(=O)C4)CC3)CC2)cc1. The van der Waals surface area contributed by atoms with Gasteiger partial charge in [-0.2, -0.15) is 0 Å². The number of piperidine rings is 1. The predicted octanol–water partition coefficient (Wildman–Crippen LogP) is 2.04. The van der Waals surface area contributed by atoms with E-state index >= 15 is 0 Å². The molecule has 5 nitrogen and oxygen atoms in total. The van der Waals surface area contributed by atoms with Crippen LogP contribution >= 0.6 is 0 Å². The van der Waals surface area contributed by atoms with Crippen LogP contribution in [0.3, 0.4) is 0 Å². The van der Waals surface area contributed by atoms with E-state index in [2.05, 4.69) is 41.4 Å². The molecule has 1 saturated carbocycles. The quantitative estimate of drug-likeness (QED) is 0.836. The average Bonchev–Trinajstić information content (AvgIpc) is 3.32. The van der Waals surface area contributed by atoms with Gasteiger partial charge in [-0.25, -0.2) is 8.42 Å². The summed E-state index contributed by atoms with van der Waals surface area (Å²) in [6, 6.07) is 9.17. The molecule has 3 aliphatic rings. The lowest BCUT2D eigenvalue weighted by Gasteiger charge is -2.35. The molecule has 2 heterocycles. The van der Waals surface area contributed by atoms with Gasteiger partial charge < -0.3 is 10.2 Å². The van der Waals surface area contributed by atoms with Gasteiger partial charge in [0.15, 0.2) is 9.84 Å². The fraction of sp³-hybridized carbons (Fsp3) is 0.667. The Kier molecular flexibility index (Phi) is 5.06. The molecule has 1 atom stereocenters. The van der Waals surface area contributed by atoms with Crippen molar-refractivity contribution in [2.75, 3.05) is 31.1 Å². The van der Waals surface area contributed by atoms with E-state index in [1.807, 2.05) is 0 Å². The van der Waals surface area contributed by atoms with Crippen LogP contribution in [0, 0.1) is 12.8 Å². The number of benzene rings is 1. The van der Waals surface area contributed by atoms with Crippen molar-refractivity contribution in [3.8, 4) is 0 Å². The molecule has 1 N–H and O–H groups in total. The number of aryl methyl sites for hydroxylation is 1. The summed E-state index contributed by atoms with van der Waals surface area (Å²) in [6.07, 6.45) is 4.92. The molecule has 2 aliphatic heterocycles. The summed E-state index contributed by atoms with van der Waals surface area (Å²) >= 11 is 0. The molecule has 0 bridgehead atoms. The Morgan fingerprint density at radius 1 is 1.15 bits per heavy atom. The summed E-state index contributed by atoms with van der Waals surface area (Å²) in [7, 11) is -3.00. The second-order valence-electron chi connectivity index (χ2n) is 8.81. The molecule has 3 fully saturated rings. The van der Waals surface area contributed by atoms with Gasteiger partial charge in [0.1, 0.15) is 0 Å². The Bertz CT molecular complexity index is 791. The van der Waals surface area contributed by atoms with E-state index in [0.29, 0.717) is 11.8 Å². The van der Waals surface area contributed by atoms with Gasteiger partial charge in [-0.3, -0.25) is 4.79 Å². The van der Waals surface area contributed by atoms with Crippen molar-refractivity contribution in [3.63, 3.8) is 0 Å². The molecule has 0 spiro atoms. The van der Waals surface area contributed by atoms with Crippen LogP contribution in [0.4, 0.5) is 0 Å². The van der Waals surface area contributed by atoms with Crippen LogP contribution < -0.4 is 5.32 Å². The van der Waals surface area contributed by atoms with Gasteiger partial charge in [-0.1, -0.05) is 29.8 Å². The first-order chi connectivity index (χ1) is 12.9. The molecule has 1 aromatic carbocycles. The number of amides is 1. The highest BCUT2D eigenvalue weighted by molar-refractivity contribution is 7.91. The van der Waals surface area contributed by atoms with Crippen LogP contribution in [0.1, 0.15) is 43.2 Å². The number of hydrogen-bond acceptors (Lipinski definition) is 4. The predicted molar refractivity (Wildman–Crippen MR) is 106 cm³/mol. The lowest BCUT2D eigenvalue weighted by molar-refractivity contribution is -0.125. The highest BCUT2D eigenvalue weighted by Gasteiger charge is 2.45. The highest BCUT2D eigenvalue weighted by atomic mass is 32.2. The smallest absolute Gasteiger partial charge is 0.224 e. The van der Waals surface area contributed by atoms with Gasteiger partial charge in [-0.05, 0) is 44.6 Å². The van der Waals surface area contributed by atoms with Crippen LogP contribution in [0.2, 0.25) is 0 Å². The van der Waals surface area contributed by atoms with E-state index in [1.54, 1.807) is 0 Å². The van der Waals surface area contributed by atoms with E-state index in [4.69, 9.17) is 0 Å². The third-order valence-electron chi connectivity index (χ3n) is 6.58. The zero-order chi connectivity index (χ0) is 19.1. The Morgan fingerprint density at radius 3 is 2.37 bits per heavy atom. The molecule has 6 heteroatoms. The number of sulfone groups is 1. The molecule has 0 aromatic heterocycles. The van der Waals surface area contributed by atoms with E-state index in [9.17, 15) is 13.2 Å². The number of nitrogens with one attached hydrogen (secondary N) is 1. The maximum Gasteiger partial charge on any atom is 0.224 e. The first-order valence-electron chi connectivity index (χ1n) is 10.2. The summed E-state index contributed by atoms with van der Waals surface area (Å²) in [5, 5.41) is 3.11. The van der Waals surface area contributed by atoms with E-state index in [-0.39, 0.29) is 29.4 Å². The minimum atomic E-state index is -3.00. The van der Waals surface area contributed by atoms with Crippen molar-refractivity contribution in [2.24, 2.45) is 5.92 Å². The molecule has 1 aliphatic carbocycles. The van der Waals surface area contributed by atoms with E-state index in [1.165, 1.54) is 24.0 Å². The molecule has 2 saturated heterocycles. The third kappa shape index (κ3) is 4.37. The molecule has 148 valence electrons. The molecule has 4 rings (SSSR count). The van der Waals surface area contributed by atoms with Crippen molar-refractivity contribution in [1.82, 2.24) is 10.2 Å². The Labute approximate surface area is 162 Å². The first-order valence-corrected chi connectivity index (χ1v) is 12.0. The third-order valence-corrected chi connectivity index (χ3v) is 8.35. The lowest BCUT2D eigenvalue weighted by Crippen LogP contribution is -2.48. The summed E-state index contributed by atoms with van der Waals surface area (Å²) in [4.78, 5) is 14.9. The minimum Gasteiger partial charge on any atom is -0.353 e. The van der Waals surface area contributed by atoms with Crippen molar-refractivity contribution >= 4 is 15.7 Å². The minimum absolute atomic E-state index is 0.0246. The number of carbonyl (C=O) groups is 1. The number of carbonyl (C=O) groups excluding carboxylic acids is 1. The summed E-state index contributed by atoms with van der Waals surface area (Å²) in [6.45, 7) is 5.24. The Hall–Kier alpha value is -1.40. The molecular formula is C21H30N2O3S. The van der Waals surface area contributed by atoms with Crippen molar-refractivity contribution < 1.29 is 13.2 Å². The lowest BCUT2D eigenvalue weighted by atomic mass is 9.93. The Balaban J connectivity index is 1.26. The van der Waals surface area contributed by atoms with Gasteiger partial charge in [0.25, 0.3) is 0 Å². The second-order valence-corrected chi connectivity index (χ2v) is 11.0.